The first kappa shape index (κ1) is 74.6. The molecule has 0 atom stereocenters. The molecule has 28 rings (SSSR count). The lowest BCUT2D eigenvalue weighted by molar-refractivity contribution is 0.669. The van der Waals surface area contributed by atoms with Gasteiger partial charge in [0.05, 0.1) is 0 Å². The molecule has 0 unspecified atom stereocenters. The Bertz CT molecular complexity index is 9770. The van der Waals surface area contributed by atoms with Gasteiger partial charge in [0.1, 0.15) is 33.5 Å². The zero-order chi connectivity index (χ0) is 87.0. The zero-order valence-corrected chi connectivity index (χ0v) is 72.1. The Labute approximate surface area is 764 Å². The van der Waals surface area contributed by atoms with Gasteiger partial charge in [-0.3, -0.25) is 0 Å². The second kappa shape index (κ2) is 29.5. The SMILES string of the molecule is c1ccc(-c2c3ccccc3c(-c3cccc(-c4ccc5c(c4)oc4cc6ccc(-c7ccc8ccc9c%10ccc(-c%11c%12ccccc%12c(-c%12ccccc%12)c%12cc(-c%13ccc%14c(-c%15cccc(-c%16ccc%17oc%18cc%19ccccc%19cc%18c%17c%16)c%15)c%15ccccc%15c(-c%15ccc(-c%16cccc%17ccccc%16%17)cc%15)c%14c%13)ccc%11%12)cc%10oc9c8c7)cc6cc45)c3)c3ccccc23)cc1. The molecule has 0 aliphatic rings. The molecule has 0 fully saturated rings. The summed E-state index contributed by atoms with van der Waals surface area (Å²) in [6.07, 6.45) is 0. The minimum absolute atomic E-state index is 0.841. The van der Waals surface area contributed by atoms with E-state index in [9.17, 15) is 0 Å². The fourth-order valence-electron chi connectivity index (χ4n) is 22.3. The van der Waals surface area contributed by atoms with Gasteiger partial charge in [-0.25, -0.2) is 0 Å². The molecule has 133 heavy (non-hydrogen) atoms. The molecule has 3 heterocycles. The minimum Gasteiger partial charge on any atom is -0.456 e. The Kier molecular flexibility index (Phi) is 16.6. The maximum absolute atomic E-state index is 7.30. The molecule has 0 aliphatic heterocycles. The van der Waals surface area contributed by atoms with E-state index in [1.54, 1.807) is 0 Å². The summed E-state index contributed by atoms with van der Waals surface area (Å²) in [6, 6.07) is 171. The van der Waals surface area contributed by atoms with Crippen LogP contribution in [-0.4, -0.2) is 0 Å². The van der Waals surface area contributed by atoms with Crippen molar-refractivity contribution in [1.82, 2.24) is 0 Å². The number of furan rings is 3. The van der Waals surface area contributed by atoms with Crippen molar-refractivity contribution in [2.24, 2.45) is 0 Å². The van der Waals surface area contributed by atoms with Gasteiger partial charge in [0.2, 0.25) is 0 Å². The van der Waals surface area contributed by atoms with E-state index in [1.165, 1.54) is 131 Å². The Hall–Kier alpha value is -17.5. The van der Waals surface area contributed by atoms with E-state index in [0.717, 1.165) is 165 Å². The van der Waals surface area contributed by atoms with E-state index in [2.05, 4.69) is 461 Å². The monoisotopic (exact) mass is 1680 g/mol. The third kappa shape index (κ3) is 11.9. The summed E-state index contributed by atoms with van der Waals surface area (Å²) in [5.74, 6) is 0. The highest BCUT2D eigenvalue weighted by Crippen LogP contribution is 2.53. The topological polar surface area (TPSA) is 39.4 Å². The average molecular weight is 1690 g/mol. The van der Waals surface area contributed by atoms with Crippen LogP contribution in [0.2, 0.25) is 0 Å². The summed E-state index contributed by atoms with van der Waals surface area (Å²) in [5.41, 5.74) is 30.9. The van der Waals surface area contributed by atoms with E-state index in [1.807, 2.05) is 0 Å². The third-order valence-corrected chi connectivity index (χ3v) is 28.5. The highest BCUT2D eigenvalue weighted by atomic mass is 16.3. The first-order valence-electron chi connectivity index (χ1n) is 45.9. The van der Waals surface area contributed by atoms with Crippen molar-refractivity contribution in [3.8, 4) is 122 Å². The lowest BCUT2D eigenvalue weighted by Gasteiger charge is -2.20. The summed E-state index contributed by atoms with van der Waals surface area (Å²) in [5, 5.41) is 30.3. The van der Waals surface area contributed by atoms with Crippen molar-refractivity contribution < 1.29 is 13.3 Å². The summed E-state index contributed by atoms with van der Waals surface area (Å²) in [7, 11) is 0. The molecular formula is C130H76O3. The molecule has 0 radical (unpaired) electrons. The maximum Gasteiger partial charge on any atom is 0.143 e. The van der Waals surface area contributed by atoms with Crippen LogP contribution in [0.4, 0.5) is 0 Å². The highest BCUT2D eigenvalue weighted by Gasteiger charge is 2.26. The van der Waals surface area contributed by atoms with Gasteiger partial charge in [-0.1, -0.05) is 358 Å². The van der Waals surface area contributed by atoms with Gasteiger partial charge >= 0.3 is 0 Å². The smallest absolute Gasteiger partial charge is 0.143 e. The van der Waals surface area contributed by atoms with E-state index in [-0.39, 0.29) is 0 Å². The van der Waals surface area contributed by atoms with E-state index >= 15 is 0 Å². The molecule has 0 N–H and O–H groups in total. The Morgan fingerprint density at radius 2 is 0.391 bits per heavy atom. The average Bonchev–Trinajstić information content (AvgIpc) is 1.48. The number of hydrogen-bond donors (Lipinski definition) is 0. The number of benzene rings is 25. The lowest BCUT2D eigenvalue weighted by atomic mass is 9.83. The van der Waals surface area contributed by atoms with Gasteiger partial charge < -0.3 is 13.3 Å². The molecule has 3 nitrogen and oxygen atoms in total. The summed E-state index contributed by atoms with van der Waals surface area (Å²) in [6.45, 7) is 0. The van der Waals surface area contributed by atoms with Crippen LogP contribution in [-0.2, 0) is 0 Å². The second-order valence-corrected chi connectivity index (χ2v) is 35.9. The molecule has 0 bridgehead atoms. The van der Waals surface area contributed by atoms with Crippen LogP contribution < -0.4 is 0 Å². The standard InChI is InChI=1S/C130H76O3/c1-3-23-80(24-4-1)124-102-35-11-15-39-106(102)127(107-40-16-12-36-103(107)124)94-32-20-31-84(65-94)92-53-58-101-114-72-97-66-87(50-51-93(97)75-122(114)132-120(101)74-92)88-49-46-79-52-62-112-100-59-56-96(76-121(100)133-130(112)113(79)67-88)129-109-42-18-13-37-104(109)125(81-25-5-2-6-26-81)117-70-89(55-61-111(117)129)90-54-60-110-118(71-90)126(82-47-44-78(45-48-82)99-43-21-29-77-22-9-10-34-98(77)99)105-38-14-17-41-108(105)128(110)95-33-19-30-83(64-95)91-57-63-119-115(69-91)116-68-85-27-7-8-28-86(85)73-123(116)131-119/h1-76H. The van der Waals surface area contributed by atoms with Crippen molar-refractivity contribution in [2.45, 2.75) is 0 Å². The van der Waals surface area contributed by atoms with Crippen LogP contribution in [0.5, 0.6) is 0 Å². The van der Waals surface area contributed by atoms with Crippen molar-refractivity contribution in [2.75, 3.05) is 0 Å². The van der Waals surface area contributed by atoms with Crippen molar-refractivity contribution in [3.63, 3.8) is 0 Å². The minimum atomic E-state index is 0.841. The van der Waals surface area contributed by atoms with Gasteiger partial charge in [0.25, 0.3) is 0 Å². The highest BCUT2D eigenvalue weighted by molar-refractivity contribution is 6.27. The van der Waals surface area contributed by atoms with Crippen molar-refractivity contribution in [1.29, 1.82) is 0 Å². The molecular weight excluding hydrogens is 1610 g/mol. The molecule has 614 valence electrons. The molecule has 0 saturated carbocycles. The number of fused-ring (bicyclic) bond motifs is 20. The van der Waals surface area contributed by atoms with E-state index in [4.69, 9.17) is 13.3 Å². The van der Waals surface area contributed by atoms with E-state index in [0.29, 0.717) is 0 Å². The Morgan fingerprint density at radius 1 is 0.105 bits per heavy atom. The maximum atomic E-state index is 7.30. The van der Waals surface area contributed by atoms with Crippen LogP contribution in [0.25, 0.3) is 296 Å². The summed E-state index contributed by atoms with van der Waals surface area (Å²) in [4.78, 5) is 0. The Balaban J connectivity index is 0.546. The van der Waals surface area contributed by atoms with Crippen molar-refractivity contribution >= 4 is 174 Å². The van der Waals surface area contributed by atoms with Crippen LogP contribution >= 0.6 is 0 Å². The van der Waals surface area contributed by atoms with Crippen molar-refractivity contribution in [3.05, 3.63) is 461 Å². The fourth-order valence-corrected chi connectivity index (χ4v) is 22.3. The molecule has 0 saturated heterocycles. The first-order valence-corrected chi connectivity index (χ1v) is 45.9. The normalized spacial score (nSPS) is 12.1. The van der Waals surface area contributed by atoms with Gasteiger partial charge in [-0.2, -0.15) is 0 Å². The quantitative estimate of drug-likeness (QED) is 0.121. The molecule has 0 spiro atoms. The predicted octanol–water partition coefficient (Wildman–Crippen LogP) is 37.3. The fraction of sp³-hybridized carbons (Fsp3) is 0. The van der Waals surface area contributed by atoms with Gasteiger partial charge in [-0.05, 0) is 328 Å². The third-order valence-electron chi connectivity index (χ3n) is 28.5. The van der Waals surface area contributed by atoms with Crippen LogP contribution in [0, 0.1) is 0 Å². The lowest BCUT2D eigenvalue weighted by Crippen LogP contribution is -1.93. The van der Waals surface area contributed by atoms with Gasteiger partial charge in [0.15, 0.2) is 0 Å². The molecule has 0 aliphatic carbocycles. The van der Waals surface area contributed by atoms with Crippen LogP contribution in [0.15, 0.2) is 474 Å². The van der Waals surface area contributed by atoms with Crippen LogP contribution in [0.1, 0.15) is 0 Å². The summed E-state index contributed by atoms with van der Waals surface area (Å²) >= 11 is 0. The van der Waals surface area contributed by atoms with Gasteiger partial charge in [0, 0.05) is 37.7 Å². The van der Waals surface area contributed by atoms with Crippen LogP contribution in [0.3, 0.4) is 0 Å². The largest absolute Gasteiger partial charge is 0.456 e. The molecule has 3 heteroatoms. The molecule has 25 aromatic carbocycles. The number of rotatable bonds is 11. The Morgan fingerprint density at radius 3 is 0.962 bits per heavy atom. The molecule has 3 aromatic heterocycles. The van der Waals surface area contributed by atoms with Gasteiger partial charge in [-0.15, -0.1) is 0 Å². The van der Waals surface area contributed by atoms with E-state index < -0.39 is 0 Å². The second-order valence-electron chi connectivity index (χ2n) is 35.9. The summed E-state index contributed by atoms with van der Waals surface area (Å²) < 4.78 is 20.7. The zero-order valence-electron chi connectivity index (χ0n) is 72.1. The molecule has 28 aromatic rings. The number of hydrogen-bond acceptors (Lipinski definition) is 3. The first-order chi connectivity index (χ1) is 65.9. The predicted molar refractivity (Wildman–Crippen MR) is 563 cm³/mol. The molecule has 0 amide bonds.